The third-order valence-corrected chi connectivity index (χ3v) is 16.2. The topological polar surface area (TPSA) is 78.9 Å². The molecule has 460 valence electrons. The number of unbranched alkanes of at least 4 members (excludes halogenated alkanes) is 51. The second kappa shape index (κ2) is 67.4. The first-order valence-corrected chi connectivity index (χ1v) is 35.3. The van der Waals surface area contributed by atoms with Gasteiger partial charge in [0.25, 0.3) is 0 Å². The molecule has 78 heavy (non-hydrogen) atoms. The Morgan fingerprint density at radius 1 is 0.256 bits per heavy atom. The second-order valence-electron chi connectivity index (χ2n) is 24.2. The third kappa shape index (κ3) is 64.7. The molecule has 0 aliphatic heterocycles. The van der Waals surface area contributed by atoms with E-state index in [2.05, 4.69) is 45.1 Å². The summed E-state index contributed by atoms with van der Waals surface area (Å²) in [6.07, 6.45) is 82.2. The molecule has 0 aromatic heterocycles. The zero-order chi connectivity index (χ0) is 56.4. The van der Waals surface area contributed by atoms with Crippen molar-refractivity contribution in [3.05, 3.63) is 24.3 Å². The Morgan fingerprint density at radius 3 is 0.756 bits per heavy atom. The monoisotopic (exact) mass is 1100 g/mol. The average Bonchev–Trinajstić information content (AvgIpc) is 3.44. The van der Waals surface area contributed by atoms with Gasteiger partial charge in [0.05, 0.1) is 0 Å². The van der Waals surface area contributed by atoms with Gasteiger partial charge in [-0.15, -0.1) is 0 Å². The van der Waals surface area contributed by atoms with Gasteiger partial charge in [-0.1, -0.05) is 360 Å². The van der Waals surface area contributed by atoms with Crippen LogP contribution in [-0.4, -0.2) is 37.2 Å². The van der Waals surface area contributed by atoms with E-state index in [1.807, 2.05) is 0 Å². The van der Waals surface area contributed by atoms with Crippen LogP contribution in [0.2, 0.25) is 0 Å². The number of ether oxygens (including phenoxy) is 3. The number of hydrogen-bond donors (Lipinski definition) is 0. The van der Waals surface area contributed by atoms with E-state index in [9.17, 15) is 14.4 Å². The Kier molecular flexibility index (Phi) is 65.6. The van der Waals surface area contributed by atoms with Crippen molar-refractivity contribution in [1.29, 1.82) is 0 Å². The average molecular weight is 1100 g/mol. The van der Waals surface area contributed by atoms with Crippen LogP contribution in [0.25, 0.3) is 0 Å². The van der Waals surface area contributed by atoms with Gasteiger partial charge in [0.2, 0.25) is 0 Å². The van der Waals surface area contributed by atoms with Crippen molar-refractivity contribution in [2.75, 3.05) is 13.2 Å². The van der Waals surface area contributed by atoms with Gasteiger partial charge in [0.15, 0.2) is 6.10 Å². The quantitative estimate of drug-likeness (QED) is 0.0261. The van der Waals surface area contributed by atoms with Crippen LogP contribution in [0, 0.1) is 0 Å². The molecule has 0 bridgehead atoms. The van der Waals surface area contributed by atoms with Crippen LogP contribution in [0.15, 0.2) is 24.3 Å². The van der Waals surface area contributed by atoms with E-state index in [-0.39, 0.29) is 31.1 Å². The minimum absolute atomic E-state index is 0.0693. The number of hydrogen-bond acceptors (Lipinski definition) is 6. The fraction of sp³-hybridized carbons (Fsp3) is 0.903. The van der Waals surface area contributed by atoms with Gasteiger partial charge in [-0.2, -0.15) is 0 Å². The van der Waals surface area contributed by atoms with Crippen LogP contribution >= 0.6 is 0 Å². The van der Waals surface area contributed by atoms with Crippen molar-refractivity contribution in [2.45, 2.75) is 406 Å². The van der Waals surface area contributed by atoms with Crippen LogP contribution in [-0.2, 0) is 28.6 Å². The maximum Gasteiger partial charge on any atom is 0.306 e. The van der Waals surface area contributed by atoms with Gasteiger partial charge in [0, 0.05) is 19.3 Å². The Bertz CT molecular complexity index is 1260. The number of carbonyl (C=O) groups excluding carboxylic acids is 3. The van der Waals surface area contributed by atoms with Crippen LogP contribution in [0.3, 0.4) is 0 Å². The summed E-state index contributed by atoms with van der Waals surface area (Å²) in [4.78, 5) is 38.4. The molecular weight excluding hydrogens is 961 g/mol. The Labute approximate surface area is 487 Å². The molecule has 0 heterocycles. The zero-order valence-corrected chi connectivity index (χ0v) is 53.0. The molecule has 0 rings (SSSR count). The summed E-state index contributed by atoms with van der Waals surface area (Å²) in [6, 6.07) is 0. The molecule has 1 unspecified atom stereocenters. The molecule has 0 amide bonds. The molecule has 0 saturated heterocycles. The number of esters is 3. The molecule has 0 N–H and O–H groups in total. The lowest BCUT2D eigenvalue weighted by Gasteiger charge is -2.18. The van der Waals surface area contributed by atoms with E-state index in [0.29, 0.717) is 19.3 Å². The lowest BCUT2D eigenvalue weighted by Crippen LogP contribution is -2.30. The van der Waals surface area contributed by atoms with Crippen LogP contribution < -0.4 is 0 Å². The molecule has 6 heteroatoms. The SMILES string of the molecule is CCC/C=C\C/C=C\CCCCCCCC(=O)OCC(COC(=O)CCCCCCCCCCCCCCCCCCCCCCCCCC)OC(=O)CCCCCCCCCCCCCCCCCCCCCCCCC. The molecule has 6 nitrogen and oxygen atoms in total. The minimum Gasteiger partial charge on any atom is -0.462 e. The smallest absolute Gasteiger partial charge is 0.306 e. The molecule has 1 atom stereocenters. The number of rotatable bonds is 66. The molecule has 0 aliphatic rings. The third-order valence-electron chi connectivity index (χ3n) is 16.2. The van der Waals surface area contributed by atoms with E-state index in [0.717, 1.165) is 83.5 Å². The summed E-state index contributed by atoms with van der Waals surface area (Å²) in [7, 11) is 0. The van der Waals surface area contributed by atoms with Gasteiger partial charge >= 0.3 is 17.9 Å². The normalized spacial score (nSPS) is 12.1. The van der Waals surface area contributed by atoms with Crippen LogP contribution in [0.5, 0.6) is 0 Å². The van der Waals surface area contributed by atoms with Crippen molar-refractivity contribution in [3.63, 3.8) is 0 Å². The molecule has 0 spiro atoms. The van der Waals surface area contributed by atoms with Crippen molar-refractivity contribution < 1.29 is 28.6 Å². The van der Waals surface area contributed by atoms with E-state index in [1.165, 1.54) is 276 Å². The van der Waals surface area contributed by atoms with E-state index >= 15 is 0 Å². The highest BCUT2D eigenvalue weighted by Gasteiger charge is 2.19. The lowest BCUT2D eigenvalue weighted by atomic mass is 10.0. The largest absolute Gasteiger partial charge is 0.462 e. The molecule has 0 radical (unpaired) electrons. The maximum atomic E-state index is 12.9. The van der Waals surface area contributed by atoms with Crippen molar-refractivity contribution >= 4 is 17.9 Å². The standard InChI is InChI=1S/C72H136O6/c1-4-7-10-13-16-19-22-25-27-29-31-33-35-37-38-40-42-44-47-50-53-56-59-62-65-71(74)77-68-69(67-76-70(73)64-61-58-55-52-49-46-24-21-18-15-12-9-6-3)78-72(75)66-63-60-57-54-51-48-45-43-41-39-36-34-32-30-28-26-23-20-17-14-11-8-5-2/h12,15,21,24,69H,4-11,13-14,16-20,22-23,25-68H2,1-3H3/b15-12-,24-21-. The first kappa shape index (κ1) is 75.9. The van der Waals surface area contributed by atoms with Crippen molar-refractivity contribution in [3.8, 4) is 0 Å². The predicted octanol–water partition coefficient (Wildman–Crippen LogP) is 24.2. The van der Waals surface area contributed by atoms with Gasteiger partial charge in [-0.3, -0.25) is 14.4 Å². The van der Waals surface area contributed by atoms with Gasteiger partial charge in [-0.05, 0) is 44.9 Å². The summed E-state index contributed by atoms with van der Waals surface area (Å²) < 4.78 is 17.0. The highest BCUT2D eigenvalue weighted by atomic mass is 16.6. The first-order chi connectivity index (χ1) is 38.5. The first-order valence-electron chi connectivity index (χ1n) is 35.3. The zero-order valence-electron chi connectivity index (χ0n) is 53.0. The molecule has 0 aromatic rings. The summed E-state index contributed by atoms with van der Waals surface area (Å²) >= 11 is 0. The van der Waals surface area contributed by atoms with Crippen molar-refractivity contribution in [1.82, 2.24) is 0 Å². The molecule has 0 fully saturated rings. The second-order valence-corrected chi connectivity index (χ2v) is 24.2. The van der Waals surface area contributed by atoms with Gasteiger partial charge < -0.3 is 14.2 Å². The molecular formula is C72H136O6. The Balaban J connectivity index is 4.21. The van der Waals surface area contributed by atoms with Crippen molar-refractivity contribution in [2.24, 2.45) is 0 Å². The van der Waals surface area contributed by atoms with E-state index < -0.39 is 6.10 Å². The van der Waals surface area contributed by atoms with E-state index in [1.54, 1.807) is 0 Å². The van der Waals surface area contributed by atoms with Gasteiger partial charge in [0.1, 0.15) is 13.2 Å². The summed E-state index contributed by atoms with van der Waals surface area (Å²) in [5.74, 6) is -0.852. The number of carbonyl (C=O) groups is 3. The summed E-state index contributed by atoms with van der Waals surface area (Å²) in [5, 5.41) is 0. The lowest BCUT2D eigenvalue weighted by molar-refractivity contribution is -0.167. The Hall–Kier alpha value is -2.11. The maximum absolute atomic E-state index is 12.9. The highest BCUT2D eigenvalue weighted by Crippen LogP contribution is 2.19. The molecule has 0 aromatic carbocycles. The van der Waals surface area contributed by atoms with Crippen LogP contribution in [0.1, 0.15) is 400 Å². The van der Waals surface area contributed by atoms with Crippen LogP contribution in [0.4, 0.5) is 0 Å². The minimum atomic E-state index is -0.774. The number of allylic oxidation sites excluding steroid dienone is 4. The fourth-order valence-corrected chi connectivity index (χ4v) is 10.9. The summed E-state index contributed by atoms with van der Waals surface area (Å²) in [5.41, 5.74) is 0. The Morgan fingerprint density at radius 2 is 0.487 bits per heavy atom. The highest BCUT2D eigenvalue weighted by molar-refractivity contribution is 5.71. The predicted molar refractivity (Wildman–Crippen MR) is 340 cm³/mol. The molecule has 0 saturated carbocycles. The summed E-state index contributed by atoms with van der Waals surface area (Å²) in [6.45, 7) is 6.65. The fourth-order valence-electron chi connectivity index (χ4n) is 10.9. The van der Waals surface area contributed by atoms with E-state index in [4.69, 9.17) is 14.2 Å². The molecule has 0 aliphatic carbocycles. The van der Waals surface area contributed by atoms with Gasteiger partial charge in [-0.25, -0.2) is 0 Å².